The second-order valence-corrected chi connectivity index (χ2v) is 6.15. The van der Waals surface area contributed by atoms with Crippen molar-refractivity contribution in [1.29, 1.82) is 0 Å². The summed E-state index contributed by atoms with van der Waals surface area (Å²) in [7, 11) is 0. The molecule has 2 aromatic carbocycles. The third kappa shape index (κ3) is 4.19. The molecular weight excluding hydrogens is 325 g/mol. The molecule has 3 rings (SSSR count). The van der Waals surface area contributed by atoms with Crippen LogP contribution < -0.4 is 4.90 Å². The zero-order chi connectivity index (χ0) is 17.8. The third-order valence-corrected chi connectivity index (χ3v) is 4.43. The Morgan fingerprint density at radius 1 is 1.16 bits per heavy atom. The lowest BCUT2D eigenvalue weighted by atomic mass is 10.1. The molecule has 1 saturated heterocycles. The van der Waals surface area contributed by atoms with Gasteiger partial charge in [-0.2, -0.15) is 0 Å². The van der Waals surface area contributed by atoms with Gasteiger partial charge in [-0.05, 0) is 30.3 Å². The number of nitro benzene ring substituents is 1. The Bertz CT molecular complexity index is 771. The van der Waals surface area contributed by atoms with E-state index in [2.05, 4.69) is 0 Å². The van der Waals surface area contributed by atoms with Gasteiger partial charge in [0.1, 0.15) is 12.4 Å². The zero-order valence-electron chi connectivity index (χ0n) is 13.7. The van der Waals surface area contributed by atoms with Gasteiger partial charge in [-0.1, -0.05) is 6.07 Å². The van der Waals surface area contributed by atoms with Crippen molar-refractivity contribution in [2.24, 2.45) is 0 Å². The molecule has 1 aliphatic rings. The molecule has 1 aliphatic heterocycles. The maximum Gasteiger partial charge on any atom is 0.269 e. The Hall–Kier alpha value is -2.80. The van der Waals surface area contributed by atoms with Crippen LogP contribution in [0.3, 0.4) is 0 Å². The third-order valence-electron chi connectivity index (χ3n) is 4.43. The van der Waals surface area contributed by atoms with Crippen molar-refractivity contribution in [1.82, 2.24) is 4.90 Å². The standard InChI is InChI=1S/C18H18FN3O3/c19-16-3-1-2-15(12-16)18(23)21-10-8-20(9-11-21)13-14-4-6-17(7-5-14)22(24)25/h1-7,12H,8-11,13H2/p+1. The molecule has 0 radical (unpaired) electrons. The molecule has 2 aromatic rings. The Kier molecular flexibility index (Phi) is 5.04. The smallest absolute Gasteiger partial charge is 0.269 e. The lowest BCUT2D eigenvalue weighted by Gasteiger charge is -2.32. The number of carbonyl (C=O) groups excluding carboxylic acids is 1. The van der Waals surface area contributed by atoms with E-state index in [1.807, 2.05) is 0 Å². The first-order valence-corrected chi connectivity index (χ1v) is 8.14. The highest BCUT2D eigenvalue weighted by Crippen LogP contribution is 2.11. The van der Waals surface area contributed by atoms with Crippen LogP contribution in [0.15, 0.2) is 48.5 Å². The summed E-state index contributed by atoms with van der Waals surface area (Å²) < 4.78 is 13.3. The maximum atomic E-state index is 13.3. The maximum absolute atomic E-state index is 13.3. The highest BCUT2D eigenvalue weighted by Gasteiger charge is 2.24. The first-order valence-electron chi connectivity index (χ1n) is 8.14. The van der Waals surface area contributed by atoms with Crippen LogP contribution in [-0.2, 0) is 6.54 Å². The number of benzene rings is 2. The highest BCUT2D eigenvalue weighted by molar-refractivity contribution is 5.94. The molecule has 6 nitrogen and oxygen atoms in total. The molecule has 0 bridgehead atoms. The van der Waals surface area contributed by atoms with E-state index in [1.54, 1.807) is 29.2 Å². The SMILES string of the molecule is O=C(c1cccc(F)c1)N1CC[NH+](Cc2ccc([N+](=O)[O-])cc2)CC1. The summed E-state index contributed by atoms with van der Waals surface area (Å²) in [6.07, 6.45) is 0. The number of nitrogens with zero attached hydrogens (tertiary/aromatic N) is 2. The molecule has 1 amide bonds. The number of non-ortho nitro benzene ring substituents is 1. The molecule has 1 N–H and O–H groups in total. The summed E-state index contributed by atoms with van der Waals surface area (Å²) in [6, 6.07) is 12.3. The first kappa shape index (κ1) is 17.0. The second-order valence-electron chi connectivity index (χ2n) is 6.15. The van der Waals surface area contributed by atoms with Crippen LogP contribution in [0.5, 0.6) is 0 Å². The molecule has 0 atom stereocenters. The van der Waals surface area contributed by atoms with Crippen LogP contribution in [0.4, 0.5) is 10.1 Å². The van der Waals surface area contributed by atoms with Gasteiger partial charge in [0.2, 0.25) is 0 Å². The van der Waals surface area contributed by atoms with E-state index in [9.17, 15) is 19.3 Å². The van der Waals surface area contributed by atoms with E-state index in [1.165, 1.54) is 29.2 Å². The molecule has 0 aliphatic carbocycles. The van der Waals surface area contributed by atoms with Crippen LogP contribution in [0.1, 0.15) is 15.9 Å². The molecule has 130 valence electrons. The van der Waals surface area contributed by atoms with E-state index in [0.717, 1.165) is 25.2 Å². The molecular formula is C18H19FN3O3+. The van der Waals surface area contributed by atoms with Crippen LogP contribution in [0.2, 0.25) is 0 Å². The average molecular weight is 344 g/mol. The number of hydrogen-bond donors (Lipinski definition) is 1. The molecule has 0 spiro atoms. The van der Waals surface area contributed by atoms with Gasteiger partial charge >= 0.3 is 0 Å². The van der Waals surface area contributed by atoms with Crippen molar-refractivity contribution in [2.45, 2.75) is 6.54 Å². The van der Waals surface area contributed by atoms with Gasteiger partial charge in [0.25, 0.3) is 11.6 Å². The van der Waals surface area contributed by atoms with Gasteiger partial charge in [0, 0.05) is 23.3 Å². The van der Waals surface area contributed by atoms with Crippen LogP contribution in [-0.4, -0.2) is 41.9 Å². The number of halogens is 1. The summed E-state index contributed by atoms with van der Waals surface area (Å²) in [4.78, 5) is 25.7. The van der Waals surface area contributed by atoms with Crippen LogP contribution in [0.25, 0.3) is 0 Å². The number of carbonyl (C=O) groups is 1. The Morgan fingerprint density at radius 2 is 1.84 bits per heavy atom. The number of piperazine rings is 1. The summed E-state index contributed by atoms with van der Waals surface area (Å²) in [5.41, 5.74) is 1.49. The molecule has 0 unspecified atom stereocenters. The fourth-order valence-electron chi connectivity index (χ4n) is 3.03. The minimum Gasteiger partial charge on any atom is -0.328 e. The van der Waals surface area contributed by atoms with Crippen molar-refractivity contribution < 1.29 is 19.0 Å². The summed E-state index contributed by atoms with van der Waals surface area (Å²) >= 11 is 0. The van der Waals surface area contributed by atoms with E-state index in [-0.39, 0.29) is 11.6 Å². The van der Waals surface area contributed by atoms with Crippen LogP contribution in [0, 0.1) is 15.9 Å². The number of hydrogen-bond acceptors (Lipinski definition) is 3. The number of nitro groups is 1. The van der Waals surface area contributed by atoms with Crippen molar-refractivity contribution in [3.63, 3.8) is 0 Å². The number of amides is 1. The number of nitrogens with one attached hydrogen (secondary N) is 1. The van der Waals surface area contributed by atoms with Gasteiger partial charge in [-0.15, -0.1) is 0 Å². The Balaban J connectivity index is 1.55. The second kappa shape index (κ2) is 7.40. The van der Waals surface area contributed by atoms with Crippen LogP contribution >= 0.6 is 0 Å². The molecule has 1 heterocycles. The van der Waals surface area contributed by atoms with Gasteiger partial charge < -0.3 is 9.80 Å². The zero-order valence-corrected chi connectivity index (χ0v) is 13.7. The van der Waals surface area contributed by atoms with E-state index in [4.69, 9.17) is 0 Å². The predicted molar refractivity (Wildman–Crippen MR) is 89.8 cm³/mol. The number of rotatable bonds is 4. The van der Waals surface area contributed by atoms with Crippen molar-refractivity contribution >= 4 is 11.6 Å². The topological polar surface area (TPSA) is 67.9 Å². The lowest BCUT2D eigenvalue weighted by molar-refractivity contribution is -0.917. The lowest BCUT2D eigenvalue weighted by Crippen LogP contribution is -3.13. The molecule has 0 aromatic heterocycles. The van der Waals surface area contributed by atoms with Crippen molar-refractivity contribution in [3.05, 3.63) is 75.6 Å². The summed E-state index contributed by atoms with van der Waals surface area (Å²) in [5, 5.41) is 10.7. The normalized spacial score (nSPS) is 15.2. The molecule has 25 heavy (non-hydrogen) atoms. The quantitative estimate of drug-likeness (QED) is 0.671. The monoisotopic (exact) mass is 344 g/mol. The molecule has 7 heteroatoms. The van der Waals surface area contributed by atoms with Crippen molar-refractivity contribution in [3.8, 4) is 0 Å². The summed E-state index contributed by atoms with van der Waals surface area (Å²) in [6.45, 7) is 3.56. The minimum absolute atomic E-state index is 0.0873. The fraction of sp³-hybridized carbons (Fsp3) is 0.278. The largest absolute Gasteiger partial charge is 0.328 e. The Morgan fingerprint density at radius 3 is 2.44 bits per heavy atom. The highest BCUT2D eigenvalue weighted by atomic mass is 19.1. The van der Waals surface area contributed by atoms with E-state index >= 15 is 0 Å². The van der Waals surface area contributed by atoms with Crippen molar-refractivity contribution in [2.75, 3.05) is 26.2 Å². The predicted octanol–water partition coefficient (Wildman–Crippen LogP) is 1.27. The van der Waals surface area contributed by atoms with Gasteiger partial charge in [-0.25, -0.2) is 4.39 Å². The first-order chi connectivity index (χ1) is 12.0. The van der Waals surface area contributed by atoms with E-state index < -0.39 is 10.7 Å². The fourth-order valence-corrected chi connectivity index (χ4v) is 3.03. The Labute approximate surface area is 144 Å². The van der Waals surface area contributed by atoms with Gasteiger partial charge in [0.15, 0.2) is 0 Å². The number of quaternary nitrogens is 1. The average Bonchev–Trinajstić information content (AvgIpc) is 2.62. The summed E-state index contributed by atoms with van der Waals surface area (Å²) in [5.74, 6) is -0.554. The molecule has 1 fully saturated rings. The van der Waals surface area contributed by atoms with Gasteiger partial charge in [0.05, 0.1) is 31.1 Å². The minimum atomic E-state index is -0.409. The van der Waals surface area contributed by atoms with Gasteiger partial charge in [-0.3, -0.25) is 14.9 Å². The van der Waals surface area contributed by atoms with E-state index in [0.29, 0.717) is 18.7 Å². The molecule has 0 saturated carbocycles.